The normalized spacial score (nSPS) is 13.8. The molecule has 0 bridgehead atoms. The van der Waals surface area contributed by atoms with Gasteiger partial charge in [-0.25, -0.2) is 14.4 Å². The van der Waals surface area contributed by atoms with E-state index in [1.807, 2.05) is 18.2 Å². The first-order chi connectivity index (χ1) is 13.6. The van der Waals surface area contributed by atoms with Crippen molar-refractivity contribution in [1.82, 2.24) is 9.97 Å². The van der Waals surface area contributed by atoms with Gasteiger partial charge in [0.05, 0.1) is 15.9 Å². The number of benzene rings is 2. The highest BCUT2D eigenvalue weighted by Gasteiger charge is 2.23. The quantitative estimate of drug-likeness (QED) is 0.341. The smallest absolute Gasteiger partial charge is 0.181 e. The fourth-order valence-electron chi connectivity index (χ4n) is 4.19. The molecule has 5 N–H and O–H groups in total. The molecule has 0 atom stereocenters. The summed E-state index contributed by atoms with van der Waals surface area (Å²) in [6.45, 7) is 0. The van der Waals surface area contributed by atoms with Crippen molar-refractivity contribution in [1.29, 1.82) is 5.41 Å². The van der Waals surface area contributed by atoms with E-state index in [-0.39, 0.29) is 11.2 Å². The largest absolute Gasteiger partial charge is 0.398 e. The van der Waals surface area contributed by atoms with E-state index in [0.29, 0.717) is 16.1 Å². The lowest BCUT2D eigenvalue weighted by molar-refractivity contribution is 0.636. The van der Waals surface area contributed by atoms with Crippen molar-refractivity contribution in [2.75, 3.05) is 11.5 Å². The zero-order valence-corrected chi connectivity index (χ0v) is 15.9. The minimum atomic E-state index is -0.448. The molecule has 0 amide bonds. The van der Waals surface area contributed by atoms with Crippen molar-refractivity contribution in [3.8, 4) is 11.3 Å². The molecular weight excluding hydrogens is 373 g/mol. The third kappa shape index (κ3) is 2.46. The van der Waals surface area contributed by atoms with Crippen LogP contribution in [0.15, 0.2) is 24.3 Å². The maximum Gasteiger partial charge on any atom is 0.181 e. The number of halogens is 1. The SMILES string of the molecule is N=Cc1c(N)cc(F)c2nc(-c3ccc4nc(N)sc4c3)c3c(c12)CCCC3. The second-order valence-corrected chi connectivity index (χ2v) is 8.15. The maximum absolute atomic E-state index is 14.8. The topological polar surface area (TPSA) is 102 Å². The second-order valence-electron chi connectivity index (χ2n) is 7.09. The molecule has 0 saturated carbocycles. The molecule has 5 rings (SSSR count). The number of rotatable bonds is 2. The maximum atomic E-state index is 14.8. The Balaban J connectivity index is 1.87. The molecule has 28 heavy (non-hydrogen) atoms. The molecule has 0 fully saturated rings. The Morgan fingerprint density at radius 1 is 1.07 bits per heavy atom. The van der Waals surface area contributed by atoms with Gasteiger partial charge in [-0.15, -0.1) is 0 Å². The predicted octanol–water partition coefficient (Wildman–Crippen LogP) is 4.69. The summed E-state index contributed by atoms with van der Waals surface area (Å²) in [5.74, 6) is -0.448. The number of pyridine rings is 1. The van der Waals surface area contributed by atoms with E-state index in [2.05, 4.69) is 4.98 Å². The van der Waals surface area contributed by atoms with E-state index in [1.165, 1.54) is 23.6 Å². The van der Waals surface area contributed by atoms with E-state index < -0.39 is 5.82 Å². The van der Waals surface area contributed by atoms with Gasteiger partial charge in [-0.2, -0.15) is 0 Å². The molecule has 2 heterocycles. The highest BCUT2D eigenvalue weighted by atomic mass is 32.1. The Labute approximate surface area is 164 Å². The molecule has 0 spiro atoms. The fraction of sp³-hybridized carbons (Fsp3) is 0.190. The molecule has 7 heteroatoms. The molecule has 2 aromatic heterocycles. The van der Waals surface area contributed by atoms with Crippen LogP contribution in [0.5, 0.6) is 0 Å². The summed E-state index contributed by atoms with van der Waals surface area (Å²) < 4.78 is 15.8. The van der Waals surface area contributed by atoms with Crippen LogP contribution in [-0.4, -0.2) is 16.2 Å². The summed E-state index contributed by atoms with van der Waals surface area (Å²) >= 11 is 1.43. The average Bonchev–Trinajstić information content (AvgIpc) is 3.07. The van der Waals surface area contributed by atoms with Crippen LogP contribution in [-0.2, 0) is 12.8 Å². The first kappa shape index (κ1) is 17.1. The lowest BCUT2D eigenvalue weighted by Crippen LogP contribution is -2.10. The number of nitrogens with two attached hydrogens (primary N) is 2. The molecule has 1 aliphatic rings. The first-order valence-corrected chi connectivity index (χ1v) is 9.99. The summed E-state index contributed by atoms with van der Waals surface area (Å²) in [7, 11) is 0. The van der Waals surface area contributed by atoms with Crippen molar-refractivity contribution in [2.24, 2.45) is 0 Å². The van der Waals surface area contributed by atoms with Crippen LogP contribution in [0.1, 0.15) is 29.5 Å². The number of thiazole rings is 1. The molecule has 1 aliphatic carbocycles. The second kappa shape index (κ2) is 6.24. The van der Waals surface area contributed by atoms with Crippen molar-refractivity contribution >= 4 is 49.5 Å². The first-order valence-electron chi connectivity index (χ1n) is 9.17. The summed E-state index contributed by atoms with van der Waals surface area (Å²) in [6, 6.07) is 7.19. The standard InChI is InChI=1S/C21H18FN5S/c22-14-8-15(24)13(9-23)18-11-3-1-2-4-12(11)19(27-20(14)18)10-5-6-16-17(7-10)28-21(25)26-16/h5-9,23H,1-4,24H2,(H2,25,26). The van der Waals surface area contributed by atoms with Crippen molar-refractivity contribution in [3.63, 3.8) is 0 Å². The van der Waals surface area contributed by atoms with Gasteiger partial charge >= 0.3 is 0 Å². The van der Waals surface area contributed by atoms with Crippen molar-refractivity contribution in [3.05, 3.63) is 46.8 Å². The summed E-state index contributed by atoms with van der Waals surface area (Å²) in [4.78, 5) is 9.05. The molecule has 0 unspecified atom stereocenters. The van der Waals surface area contributed by atoms with E-state index >= 15 is 0 Å². The number of fused-ring (bicyclic) bond motifs is 4. The average molecular weight is 391 g/mol. The fourth-order valence-corrected chi connectivity index (χ4v) is 4.97. The van der Waals surface area contributed by atoms with Gasteiger partial charge in [0.25, 0.3) is 0 Å². The molecule has 2 aromatic carbocycles. The Bertz CT molecular complexity index is 1280. The van der Waals surface area contributed by atoms with Crippen LogP contribution >= 0.6 is 11.3 Å². The molecule has 0 saturated heterocycles. The lowest BCUT2D eigenvalue weighted by Gasteiger charge is -2.23. The number of aryl methyl sites for hydroxylation is 1. The Morgan fingerprint density at radius 2 is 1.86 bits per heavy atom. The molecule has 0 radical (unpaired) electrons. The number of anilines is 2. The van der Waals surface area contributed by atoms with Gasteiger partial charge in [-0.05, 0) is 55.0 Å². The Morgan fingerprint density at radius 3 is 2.64 bits per heavy atom. The van der Waals surface area contributed by atoms with Gasteiger partial charge in [-0.1, -0.05) is 17.4 Å². The van der Waals surface area contributed by atoms with Gasteiger partial charge in [0.15, 0.2) is 10.9 Å². The van der Waals surface area contributed by atoms with Crippen LogP contribution in [0.25, 0.3) is 32.4 Å². The highest BCUT2D eigenvalue weighted by molar-refractivity contribution is 7.22. The van der Waals surface area contributed by atoms with Crippen molar-refractivity contribution < 1.29 is 4.39 Å². The van der Waals surface area contributed by atoms with Gasteiger partial charge in [0.2, 0.25) is 0 Å². The third-order valence-electron chi connectivity index (χ3n) is 5.43. The molecule has 4 aromatic rings. The van der Waals surface area contributed by atoms with Crippen LogP contribution < -0.4 is 11.5 Å². The summed E-state index contributed by atoms with van der Waals surface area (Å²) in [5.41, 5.74) is 17.8. The lowest BCUT2D eigenvalue weighted by atomic mass is 9.84. The zero-order chi connectivity index (χ0) is 19.4. The van der Waals surface area contributed by atoms with Gasteiger partial charge in [0.1, 0.15) is 5.52 Å². The number of nitrogens with zero attached hydrogens (tertiary/aromatic N) is 2. The highest BCUT2D eigenvalue weighted by Crippen LogP contribution is 2.39. The molecule has 5 nitrogen and oxygen atoms in total. The minimum Gasteiger partial charge on any atom is -0.398 e. The van der Waals surface area contributed by atoms with Gasteiger partial charge in [0, 0.05) is 28.4 Å². The van der Waals surface area contributed by atoms with Crippen LogP contribution in [0, 0.1) is 11.2 Å². The van der Waals surface area contributed by atoms with Gasteiger partial charge in [-0.3, -0.25) is 0 Å². The number of nitrogen functional groups attached to an aromatic ring is 2. The van der Waals surface area contributed by atoms with Crippen LogP contribution in [0.4, 0.5) is 15.2 Å². The molecule has 140 valence electrons. The third-order valence-corrected chi connectivity index (χ3v) is 6.27. The number of hydrogen-bond acceptors (Lipinski definition) is 6. The van der Waals surface area contributed by atoms with Crippen molar-refractivity contribution in [2.45, 2.75) is 25.7 Å². The molecule has 0 aliphatic heterocycles. The predicted molar refractivity (Wildman–Crippen MR) is 114 cm³/mol. The zero-order valence-electron chi connectivity index (χ0n) is 15.1. The Kier molecular flexibility index (Phi) is 3.80. The van der Waals surface area contributed by atoms with E-state index in [0.717, 1.165) is 58.3 Å². The molecular formula is C21H18FN5S. The Hall–Kier alpha value is -3.06. The van der Waals surface area contributed by atoms with Gasteiger partial charge < -0.3 is 16.9 Å². The van der Waals surface area contributed by atoms with E-state index in [4.69, 9.17) is 21.9 Å². The monoisotopic (exact) mass is 391 g/mol. The van der Waals surface area contributed by atoms with Crippen LogP contribution in [0.2, 0.25) is 0 Å². The number of nitrogens with one attached hydrogen (secondary N) is 1. The van der Waals surface area contributed by atoms with E-state index in [9.17, 15) is 4.39 Å². The number of hydrogen-bond donors (Lipinski definition) is 3. The van der Waals surface area contributed by atoms with E-state index in [1.54, 1.807) is 0 Å². The van der Waals surface area contributed by atoms with Crippen LogP contribution in [0.3, 0.4) is 0 Å². The number of aromatic nitrogens is 2. The summed E-state index contributed by atoms with van der Waals surface area (Å²) in [6.07, 6.45) is 5.02. The minimum absolute atomic E-state index is 0.281. The summed E-state index contributed by atoms with van der Waals surface area (Å²) in [5, 5.41) is 9.01.